The topological polar surface area (TPSA) is 37.3 Å². The maximum absolute atomic E-state index is 11.3. The Hall–Kier alpha value is -1.02. The Morgan fingerprint density at radius 3 is 2.60 bits per heavy atom. The van der Waals surface area contributed by atoms with Crippen molar-refractivity contribution in [3.05, 3.63) is 34.3 Å². The van der Waals surface area contributed by atoms with Gasteiger partial charge in [0, 0.05) is 5.02 Å². The van der Waals surface area contributed by atoms with Crippen molar-refractivity contribution < 1.29 is 9.90 Å². The molecule has 0 bridgehead atoms. The van der Waals surface area contributed by atoms with Crippen LogP contribution in [0.25, 0.3) is 0 Å². The standard InChI is InChI=1S/C12H13ClO2/c1-8-4-2-5-9(10(8)13)12(11(14)15)6-3-7-12/h2,4-5H,3,6-7H2,1H3,(H,14,15). The second-order valence-electron chi connectivity index (χ2n) is 4.18. The number of aryl methyl sites for hydroxylation is 1. The van der Waals surface area contributed by atoms with Crippen molar-refractivity contribution in [3.8, 4) is 0 Å². The van der Waals surface area contributed by atoms with E-state index in [0.717, 1.165) is 17.5 Å². The molecule has 1 aromatic rings. The lowest BCUT2D eigenvalue weighted by Crippen LogP contribution is -2.42. The molecule has 2 nitrogen and oxygen atoms in total. The molecule has 15 heavy (non-hydrogen) atoms. The Bertz CT molecular complexity index is 408. The fourth-order valence-corrected chi connectivity index (χ4v) is 2.45. The molecule has 0 amide bonds. The van der Waals surface area contributed by atoms with Crippen LogP contribution in [0.3, 0.4) is 0 Å². The van der Waals surface area contributed by atoms with Crippen molar-refractivity contribution >= 4 is 17.6 Å². The van der Waals surface area contributed by atoms with E-state index < -0.39 is 11.4 Å². The summed E-state index contributed by atoms with van der Waals surface area (Å²) in [7, 11) is 0. The SMILES string of the molecule is Cc1cccc(C2(C(=O)O)CCC2)c1Cl. The van der Waals surface area contributed by atoms with Gasteiger partial charge in [-0.3, -0.25) is 4.79 Å². The Morgan fingerprint density at radius 2 is 2.13 bits per heavy atom. The maximum Gasteiger partial charge on any atom is 0.314 e. The third kappa shape index (κ3) is 1.44. The van der Waals surface area contributed by atoms with Crippen molar-refractivity contribution in [2.24, 2.45) is 0 Å². The van der Waals surface area contributed by atoms with E-state index in [2.05, 4.69) is 0 Å². The van der Waals surface area contributed by atoms with Crippen molar-refractivity contribution in [1.29, 1.82) is 0 Å². The normalized spacial score (nSPS) is 18.3. The second kappa shape index (κ2) is 3.53. The molecular weight excluding hydrogens is 212 g/mol. The van der Waals surface area contributed by atoms with Gasteiger partial charge in [0.1, 0.15) is 0 Å². The van der Waals surface area contributed by atoms with Crippen LogP contribution in [0.4, 0.5) is 0 Å². The fraction of sp³-hybridized carbons (Fsp3) is 0.417. The van der Waals surface area contributed by atoms with E-state index in [1.807, 2.05) is 25.1 Å². The summed E-state index contributed by atoms with van der Waals surface area (Å²) in [6.07, 6.45) is 2.37. The minimum atomic E-state index is -0.749. The first-order valence-electron chi connectivity index (χ1n) is 5.07. The number of rotatable bonds is 2. The largest absolute Gasteiger partial charge is 0.481 e. The number of carboxylic acid groups (broad SMARTS) is 1. The molecule has 1 aliphatic carbocycles. The van der Waals surface area contributed by atoms with Crippen LogP contribution in [0.1, 0.15) is 30.4 Å². The molecule has 1 saturated carbocycles. The molecule has 1 aliphatic rings. The lowest BCUT2D eigenvalue weighted by atomic mass is 9.64. The van der Waals surface area contributed by atoms with E-state index in [4.69, 9.17) is 11.6 Å². The lowest BCUT2D eigenvalue weighted by Gasteiger charge is -2.38. The minimum absolute atomic E-state index is 0.611. The predicted octanol–water partition coefficient (Wildman–Crippen LogP) is 3.15. The van der Waals surface area contributed by atoms with Gasteiger partial charge < -0.3 is 5.11 Å². The van der Waals surface area contributed by atoms with E-state index >= 15 is 0 Å². The summed E-state index contributed by atoms with van der Waals surface area (Å²) in [6, 6.07) is 5.61. The van der Waals surface area contributed by atoms with Crippen LogP contribution in [-0.4, -0.2) is 11.1 Å². The molecule has 0 unspecified atom stereocenters. The Morgan fingerprint density at radius 1 is 1.47 bits per heavy atom. The summed E-state index contributed by atoms with van der Waals surface area (Å²) < 4.78 is 0. The summed E-state index contributed by atoms with van der Waals surface area (Å²) in [5, 5.41) is 9.90. The van der Waals surface area contributed by atoms with Crippen LogP contribution >= 0.6 is 11.6 Å². The first-order valence-corrected chi connectivity index (χ1v) is 5.45. The van der Waals surface area contributed by atoms with Gasteiger partial charge in [-0.15, -0.1) is 0 Å². The zero-order valence-corrected chi connectivity index (χ0v) is 9.34. The van der Waals surface area contributed by atoms with Gasteiger partial charge in [-0.05, 0) is 30.9 Å². The number of carbonyl (C=O) groups is 1. The molecule has 0 radical (unpaired) electrons. The summed E-state index contributed by atoms with van der Waals surface area (Å²) in [5.74, 6) is -0.749. The summed E-state index contributed by atoms with van der Waals surface area (Å²) in [6.45, 7) is 1.90. The Labute approximate surface area is 93.9 Å². The van der Waals surface area contributed by atoms with Crippen LogP contribution in [0, 0.1) is 6.92 Å². The molecule has 0 aliphatic heterocycles. The monoisotopic (exact) mass is 224 g/mol. The highest BCUT2D eigenvalue weighted by Gasteiger charge is 2.47. The zero-order chi connectivity index (χ0) is 11.1. The van der Waals surface area contributed by atoms with Crippen molar-refractivity contribution in [3.63, 3.8) is 0 Å². The molecule has 0 saturated heterocycles. The first kappa shape index (κ1) is 10.5. The van der Waals surface area contributed by atoms with Gasteiger partial charge in [0.15, 0.2) is 0 Å². The zero-order valence-electron chi connectivity index (χ0n) is 8.59. The Balaban J connectivity index is 2.53. The third-order valence-corrected chi connectivity index (χ3v) is 3.83. The summed E-state index contributed by atoms with van der Waals surface area (Å²) in [5.41, 5.74) is 1.01. The van der Waals surface area contributed by atoms with E-state index in [0.29, 0.717) is 17.9 Å². The van der Waals surface area contributed by atoms with E-state index in [1.54, 1.807) is 0 Å². The first-order chi connectivity index (χ1) is 7.08. The van der Waals surface area contributed by atoms with Gasteiger partial charge in [0.2, 0.25) is 0 Å². The number of carboxylic acids is 1. The molecule has 0 aromatic heterocycles. The molecule has 80 valence electrons. The van der Waals surface area contributed by atoms with E-state index in [9.17, 15) is 9.90 Å². The van der Waals surface area contributed by atoms with Crippen molar-refractivity contribution in [2.75, 3.05) is 0 Å². The number of benzene rings is 1. The molecule has 2 rings (SSSR count). The summed E-state index contributed by atoms with van der Waals surface area (Å²) >= 11 is 6.17. The average molecular weight is 225 g/mol. The molecule has 1 aromatic carbocycles. The molecule has 0 spiro atoms. The van der Waals surface area contributed by atoms with Gasteiger partial charge in [-0.25, -0.2) is 0 Å². The quantitative estimate of drug-likeness (QED) is 0.838. The van der Waals surface area contributed by atoms with Crippen LogP contribution in [0.15, 0.2) is 18.2 Å². The predicted molar refractivity (Wildman–Crippen MR) is 59.4 cm³/mol. The number of hydrogen-bond acceptors (Lipinski definition) is 1. The van der Waals surface area contributed by atoms with E-state index in [1.165, 1.54) is 0 Å². The number of aliphatic carboxylic acids is 1. The number of halogens is 1. The van der Waals surface area contributed by atoms with Gasteiger partial charge in [0.25, 0.3) is 0 Å². The number of hydrogen-bond donors (Lipinski definition) is 1. The van der Waals surface area contributed by atoms with Crippen LogP contribution in [0.5, 0.6) is 0 Å². The third-order valence-electron chi connectivity index (χ3n) is 3.32. The smallest absolute Gasteiger partial charge is 0.314 e. The molecule has 0 atom stereocenters. The van der Waals surface area contributed by atoms with Gasteiger partial charge >= 0.3 is 5.97 Å². The molecular formula is C12H13ClO2. The van der Waals surface area contributed by atoms with Crippen LogP contribution in [0.2, 0.25) is 5.02 Å². The van der Waals surface area contributed by atoms with Crippen molar-refractivity contribution in [2.45, 2.75) is 31.6 Å². The van der Waals surface area contributed by atoms with E-state index in [-0.39, 0.29) is 0 Å². The molecule has 0 heterocycles. The van der Waals surface area contributed by atoms with Gasteiger partial charge in [0.05, 0.1) is 5.41 Å². The highest BCUT2D eigenvalue weighted by atomic mass is 35.5. The molecule has 3 heteroatoms. The molecule has 1 N–H and O–H groups in total. The lowest BCUT2D eigenvalue weighted by molar-refractivity contribution is -0.147. The Kier molecular flexibility index (Phi) is 2.47. The average Bonchev–Trinajstić information content (AvgIpc) is 2.09. The highest BCUT2D eigenvalue weighted by Crippen LogP contribution is 2.46. The van der Waals surface area contributed by atoms with Crippen LogP contribution in [-0.2, 0) is 10.2 Å². The summed E-state index contributed by atoms with van der Waals surface area (Å²) in [4.78, 5) is 11.3. The maximum atomic E-state index is 11.3. The fourth-order valence-electron chi connectivity index (χ4n) is 2.15. The second-order valence-corrected chi connectivity index (χ2v) is 4.56. The molecule has 1 fully saturated rings. The highest BCUT2D eigenvalue weighted by molar-refractivity contribution is 6.32. The van der Waals surface area contributed by atoms with Gasteiger partial charge in [-0.1, -0.05) is 36.2 Å². The van der Waals surface area contributed by atoms with Crippen molar-refractivity contribution in [1.82, 2.24) is 0 Å². The minimum Gasteiger partial charge on any atom is -0.481 e. The van der Waals surface area contributed by atoms with Crippen LogP contribution < -0.4 is 0 Å². The van der Waals surface area contributed by atoms with Gasteiger partial charge in [-0.2, -0.15) is 0 Å².